The van der Waals surface area contributed by atoms with Crippen LogP contribution < -0.4 is 20.8 Å². The summed E-state index contributed by atoms with van der Waals surface area (Å²) in [5.41, 5.74) is 7.33. The number of aromatic carboxylic acids is 1. The van der Waals surface area contributed by atoms with Crippen molar-refractivity contribution in [3.05, 3.63) is 45.0 Å². The summed E-state index contributed by atoms with van der Waals surface area (Å²) < 4.78 is 36.4. The highest BCUT2D eigenvalue weighted by Crippen LogP contribution is 2.48. The van der Waals surface area contributed by atoms with Crippen LogP contribution in [0.1, 0.15) is 42.6 Å². The van der Waals surface area contributed by atoms with E-state index < -0.39 is 40.5 Å². The summed E-state index contributed by atoms with van der Waals surface area (Å²) in [7, 11) is 1.36. The lowest BCUT2D eigenvalue weighted by molar-refractivity contribution is 0.0694. The zero-order valence-electron chi connectivity index (χ0n) is 17.2. The number of hydrogen-bond acceptors (Lipinski definition) is 5. The van der Waals surface area contributed by atoms with Gasteiger partial charge in [-0.2, -0.15) is 0 Å². The number of alkyl halides is 1. The highest BCUT2D eigenvalue weighted by Gasteiger charge is 2.46. The molecule has 2 fully saturated rings. The van der Waals surface area contributed by atoms with Gasteiger partial charge >= 0.3 is 5.97 Å². The number of methoxy groups -OCH3 is 1. The Morgan fingerprint density at radius 1 is 1.42 bits per heavy atom. The predicted octanol–water partition coefficient (Wildman–Crippen LogP) is 2.76. The summed E-state index contributed by atoms with van der Waals surface area (Å²) in [5.74, 6) is -2.06. The van der Waals surface area contributed by atoms with Gasteiger partial charge in [0.15, 0.2) is 11.6 Å². The molecule has 5 rings (SSSR count). The molecular formula is C22H23F2N3O4. The quantitative estimate of drug-likeness (QED) is 0.723. The van der Waals surface area contributed by atoms with Crippen LogP contribution in [0.15, 0.2) is 28.2 Å². The molecule has 1 aliphatic heterocycles. The number of benzene rings is 1. The Morgan fingerprint density at radius 2 is 2.13 bits per heavy atom. The minimum atomic E-state index is -1.44. The largest absolute Gasteiger partial charge is 0.492 e. The smallest absolute Gasteiger partial charge is 0.341 e. The molecule has 0 spiro atoms. The number of carboxylic acids is 1. The Bertz CT molecular complexity index is 1240. The molecule has 3 atom stereocenters. The summed E-state index contributed by atoms with van der Waals surface area (Å²) in [5, 5.41) is 9.28. The molecule has 1 unspecified atom stereocenters. The molecule has 31 heavy (non-hydrogen) atoms. The van der Waals surface area contributed by atoms with E-state index in [1.165, 1.54) is 17.3 Å². The minimum Gasteiger partial charge on any atom is -0.492 e. The fourth-order valence-corrected chi connectivity index (χ4v) is 5.13. The van der Waals surface area contributed by atoms with Crippen molar-refractivity contribution in [2.24, 2.45) is 5.73 Å². The van der Waals surface area contributed by atoms with E-state index in [0.29, 0.717) is 13.1 Å². The first kappa shape index (κ1) is 20.0. The Balaban J connectivity index is 1.78. The minimum absolute atomic E-state index is 0.0879. The molecule has 9 heteroatoms. The van der Waals surface area contributed by atoms with Crippen molar-refractivity contribution in [1.29, 1.82) is 0 Å². The van der Waals surface area contributed by atoms with E-state index in [-0.39, 0.29) is 28.8 Å². The summed E-state index contributed by atoms with van der Waals surface area (Å²) in [6, 6.07) is 0.407. The Morgan fingerprint density at radius 3 is 2.71 bits per heavy atom. The fraction of sp³-hybridized carbons (Fsp3) is 0.455. The number of nitrogens with zero attached hydrogens (tertiary/aromatic N) is 2. The Labute approximate surface area is 176 Å². The normalized spacial score (nSPS) is 27.2. The average molecular weight is 431 g/mol. The third kappa shape index (κ3) is 2.79. The van der Waals surface area contributed by atoms with Crippen LogP contribution in [-0.2, 0) is 0 Å². The van der Waals surface area contributed by atoms with Crippen molar-refractivity contribution in [1.82, 2.24) is 4.57 Å². The van der Waals surface area contributed by atoms with Crippen molar-refractivity contribution in [3.8, 4) is 5.75 Å². The molecule has 2 aromatic rings. The van der Waals surface area contributed by atoms with Crippen molar-refractivity contribution >= 4 is 22.6 Å². The molecule has 164 valence electrons. The number of carboxylic acid groups (broad SMARTS) is 1. The number of nitrogens with two attached hydrogens (primary N) is 1. The first-order chi connectivity index (χ1) is 14.7. The fourth-order valence-electron chi connectivity index (χ4n) is 5.13. The van der Waals surface area contributed by atoms with E-state index in [2.05, 4.69) is 0 Å². The van der Waals surface area contributed by atoms with Crippen LogP contribution in [0.2, 0.25) is 0 Å². The molecule has 2 heterocycles. The van der Waals surface area contributed by atoms with Gasteiger partial charge in [0, 0.05) is 25.7 Å². The third-order valence-electron chi connectivity index (χ3n) is 6.87. The van der Waals surface area contributed by atoms with Gasteiger partial charge in [-0.3, -0.25) is 4.79 Å². The number of hydrogen-bond donors (Lipinski definition) is 2. The second-order valence-corrected chi connectivity index (χ2v) is 8.81. The molecule has 0 bridgehead atoms. The SMILES string of the molecule is COc1c(N2CC3=C(C)CC[C@@]3(N)C2)c(F)cc2c(=O)c(C(=O)O)cn(C3C[C@@H]3F)c12. The second-order valence-electron chi connectivity index (χ2n) is 8.81. The van der Waals surface area contributed by atoms with E-state index in [9.17, 15) is 19.1 Å². The van der Waals surface area contributed by atoms with Crippen LogP contribution >= 0.6 is 0 Å². The number of anilines is 1. The Kier molecular flexibility index (Phi) is 4.21. The van der Waals surface area contributed by atoms with E-state index in [1.807, 2.05) is 6.92 Å². The van der Waals surface area contributed by atoms with Gasteiger partial charge in [-0.25, -0.2) is 13.6 Å². The van der Waals surface area contributed by atoms with Crippen molar-refractivity contribution < 1.29 is 23.4 Å². The molecule has 1 aromatic carbocycles. The molecule has 0 radical (unpaired) electrons. The van der Waals surface area contributed by atoms with Crippen LogP contribution in [0, 0.1) is 5.82 Å². The summed E-state index contributed by atoms with van der Waals surface area (Å²) in [4.78, 5) is 26.2. The van der Waals surface area contributed by atoms with Crippen molar-refractivity contribution in [3.63, 3.8) is 0 Å². The average Bonchev–Trinajstić information content (AvgIpc) is 3.24. The summed E-state index contributed by atoms with van der Waals surface area (Å²) >= 11 is 0. The lowest BCUT2D eigenvalue weighted by Crippen LogP contribution is -2.42. The van der Waals surface area contributed by atoms with E-state index >= 15 is 4.39 Å². The van der Waals surface area contributed by atoms with Gasteiger partial charge in [0.25, 0.3) is 0 Å². The number of allylic oxidation sites excluding steroid dienone is 1. The van der Waals surface area contributed by atoms with Crippen molar-refractivity contribution in [2.75, 3.05) is 25.1 Å². The van der Waals surface area contributed by atoms with Gasteiger partial charge in [0.2, 0.25) is 5.43 Å². The van der Waals surface area contributed by atoms with Crippen molar-refractivity contribution in [2.45, 2.75) is 43.9 Å². The Hall–Kier alpha value is -2.94. The van der Waals surface area contributed by atoms with Gasteiger partial charge in [0.1, 0.15) is 17.4 Å². The van der Waals surface area contributed by atoms with Crippen LogP contribution in [0.5, 0.6) is 5.75 Å². The third-order valence-corrected chi connectivity index (χ3v) is 6.87. The molecule has 1 saturated heterocycles. The maximum atomic E-state index is 15.4. The first-order valence-corrected chi connectivity index (χ1v) is 10.2. The molecule has 1 saturated carbocycles. The highest BCUT2D eigenvalue weighted by atomic mass is 19.1. The molecule has 3 N–H and O–H groups in total. The van der Waals surface area contributed by atoms with Crippen LogP contribution in [0.25, 0.3) is 10.9 Å². The maximum Gasteiger partial charge on any atom is 0.341 e. The predicted molar refractivity (Wildman–Crippen MR) is 111 cm³/mol. The lowest BCUT2D eigenvalue weighted by Gasteiger charge is -2.26. The second kappa shape index (κ2) is 6.53. The number of ether oxygens (including phenoxy) is 1. The first-order valence-electron chi connectivity index (χ1n) is 10.2. The van der Waals surface area contributed by atoms with E-state index in [4.69, 9.17) is 10.5 Å². The van der Waals surface area contributed by atoms with Gasteiger partial charge in [-0.15, -0.1) is 0 Å². The number of pyridine rings is 1. The zero-order valence-corrected chi connectivity index (χ0v) is 17.2. The standard InChI is InChI=1S/C22H23F2N3O4/c1-10-3-4-22(25)9-26(8-13(10)22)18-15(24)5-11-17(20(18)31-2)27(16-6-14(16)23)7-12(19(11)28)21(29)30/h5,7,14,16H,3-4,6,8-9,25H2,1-2H3,(H,29,30)/t14-,16?,22+/m0/s1. The number of aromatic nitrogens is 1. The lowest BCUT2D eigenvalue weighted by atomic mass is 9.96. The number of halogens is 2. The summed E-state index contributed by atoms with van der Waals surface area (Å²) in [6.07, 6.45) is 1.84. The molecule has 7 nitrogen and oxygen atoms in total. The highest BCUT2D eigenvalue weighted by molar-refractivity contribution is 5.97. The van der Waals surface area contributed by atoms with Gasteiger partial charge in [-0.05, 0) is 31.4 Å². The topological polar surface area (TPSA) is 97.8 Å². The number of rotatable bonds is 4. The number of fused-ring (bicyclic) bond motifs is 2. The molecule has 0 amide bonds. The monoisotopic (exact) mass is 431 g/mol. The zero-order chi connectivity index (χ0) is 22.2. The summed E-state index contributed by atoms with van der Waals surface area (Å²) in [6.45, 7) is 2.86. The van der Waals surface area contributed by atoms with Crippen LogP contribution in [0.3, 0.4) is 0 Å². The molecule has 2 aliphatic carbocycles. The molecule has 1 aromatic heterocycles. The van der Waals surface area contributed by atoms with Crippen LogP contribution in [0.4, 0.5) is 14.5 Å². The van der Waals surface area contributed by atoms with Gasteiger partial charge in [-0.1, -0.05) is 5.57 Å². The maximum absolute atomic E-state index is 15.4. The molecular weight excluding hydrogens is 408 g/mol. The van der Waals surface area contributed by atoms with Gasteiger partial charge in [0.05, 0.1) is 29.6 Å². The molecule has 3 aliphatic rings. The van der Waals surface area contributed by atoms with E-state index in [1.54, 1.807) is 4.90 Å². The van der Waals surface area contributed by atoms with E-state index in [0.717, 1.165) is 30.7 Å². The van der Waals surface area contributed by atoms with Crippen LogP contribution in [-0.4, -0.2) is 47.6 Å². The van der Waals surface area contributed by atoms with Gasteiger partial charge < -0.3 is 25.0 Å². The number of carbonyl (C=O) groups is 1.